The van der Waals surface area contributed by atoms with Crippen LogP contribution in [0.25, 0.3) is 5.57 Å². The summed E-state index contributed by atoms with van der Waals surface area (Å²) >= 11 is 0. The summed E-state index contributed by atoms with van der Waals surface area (Å²) in [4.78, 5) is 4.06. The first-order valence-electron chi connectivity index (χ1n) is 4.11. The van der Waals surface area contributed by atoms with Gasteiger partial charge in [0.05, 0.1) is 0 Å². The van der Waals surface area contributed by atoms with Crippen LogP contribution >= 0.6 is 0 Å². The van der Waals surface area contributed by atoms with Crippen LogP contribution in [0.15, 0.2) is 31.1 Å². The zero-order chi connectivity index (χ0) is 9.19. The second-order valence-corrected chi connectivity index (χ2v) is 3.97. The normalized spacial score (nSPS) is 11.2. The number of rotatable bonds is 1. The van der Waals surface area contributed by atoms with Crippen molar-refractivity contribution in [2.45, 2.75) is 20.8 Å². The van der Waals surface area contributed by atoms with Crippen molar-refractivity contribution in [2.24, 2.45) is 5.41 Å². The van der Waals surface area contributed by atoms with Crippen LogP contribution in [0.5, 0.6) is 0 Å². The molecule has 0 aliphatic rings. The number of nitrogens with zero attached hydrogens (tertiary/aromatic N) is 1. The van der Waals surface area contributed by atoms with Gasteiger partial charge >= 0.3 is 0 Å². The van der Waals surface area contributed by atoms with Crippen molar-refractivity contribution in [2.75, 3.05) is 0 Å². The highest BCUT2D eigenvalue weighted by molar-refractivity contribution is 5.66. The number of hydrogen-bond acceptors (Lipinski definition) is 1. The van der Waals surface area contributed by atoms with Gasteiger partial charge in [0.15, 0.2) is 0 Å². The molecule has 1 aromatic heterocycles. The van der Waals surface area contributed by atoms with Crippen molar-refractivity contribution < 1.29 is 0 Å². The fourth-order valence-corrected chi connectivity index (χ4v) is 0.974. The summed E-state index contributed by atoms with van der Waals surface area (Å²) in [7, 11) is 0. The van der Waals surface area contributed by atoms with E-state index in [0.29, 0.717) is 0 Å². The van der Waals surface area contributed by atoms with Crippen LogP contribution in [0.1, 0.15) is 26.3 Å². The lowest BCUT2D eigenvalue weighted by Crippen LogP contribution is -2.07. The van der Waals surface area contributed by atoms with Crippen molar-refractivity contribution >= 4 is 5.57 Å². The molecule has 0 aliphatic heterocycles. The van der Waals surface area contributed by atoms with Gasteiger partial charge < -0.3 is 0 Å². The van der Waals surface area contributed by atoms with Crippen molar-refractivity contribution in [3.8, 4) is 0 Å². The molecule has 0 saturated heterocycles. The van der Waals surface area contributed by atoms with Crippen LogP contribution in [0.3, 0.4) is 0 Å². The van der Waals surface area contributed by atoms with E-state index in [4.69, 9.17) is 0 Å². The van der Waals surface area contributed by atoms with Gasteiger partial charge in [0.2, 0.25) is 0 Å². The Morgan fingerprint density at radius 3 is 2.50 bits per heavy atom. The average Bonchev–Trinajstić information content (AvgIpc) is 2.03. The molecule has 0 aliphatic carbocycles. The Labute approximate surface area is 74.2 Å². The van der Waals surface area contributed by atoms with Gasteiger partial charge in [0.1, 0.15) is 0 Å². The Hall–Kier alpha value is -1.11. The second kappa shape index (κ2) is 3.10. The van der Waals surface area contributed by atoms with Gasteiger partial charge in [-0.05, 0) is 22.6 Å². The van der Waals surface area contributed by atoms with Crippen molar-refractivity contribution in [3.05, 3.63) is 36.7 Å². The topological polar surface area (TPSA) is 12.9 Å². The van der Waals surface area contributed by atoms with E-state index in [1.165, 1.54) is 0 Å². The van der Waals surface area contributed by atoms with E-state index >= 15 is 0 Å². The summed E-state index contributed by atoms with van der Waals surface area (Å²) in [6, 6.07) is 3.98. The maximum Gasteiger partial charge on any atom is 0.0343 e. The predicted octanol–water partition coefficient (Wildman–Crippen LogP) is 3.14. The predicted molar refractivity (Wildman–Crippen MR) is 52.7 cm³/mol. The molecule has 0 spiro atoms. The van der Waals surface area contributed by atoms with Crippen LogP contribution in [-0.2, 0) is 0 Å². The van der Waals surface area contributed by atoms with E-state index in [1.807, 2.05) is 18.3 Å². The van der Waals surface area contributed by atoms with Gasteiger partial charge in [-0.2, -0.15) is 0 Å². The fourth-order valence-electron chi connectivity index (χ4n) is 0.974. The van der Waals surface area contributed by atoms with Gasteiger partial charge in [0.25, 0.3) is 0 Å². The molecule has 0 radical (unpaired) electrons. The van der Waals surface area contributed by atoms with Gasteiger partial charge in [-0.15, -0.1) is 0 Å². The highest BCUT2D eigenvalue weighted by atomic mass is 14.6. The van der Waals surface area contributed by atoms with Crippen LogP contribution in [0, 0.1) is 5.41 Å². The van der Waals surface area contributed by atoms with Crippen molar-refractivity contribution in [1.29, 1.82) is 0 Å². The van der Waals surface area contributed by atoms with Crippen molar-refractivity contribution in [1.82, 2.24) is 4.98 Å². The molecule has 0 N–H and O–H groups in total. The first-order valence-corrected chi connectivity index (χ1v) is 4.11. The third-order valence-electron chi connectivity index (χ3n) is 1.92. The summed E-state index contributed by atoms with van der Waals surface area (Å²) in [6.45, 7) is 10.5. The highest BCUT2D eigenvalue weighted by Crippen LogP contribution is 2.31. The minimum atomic E-state index is 0.128. The monoisotopic (exact) mass is 161 g/mol. The summed E-state index contributed by atoms with van der Waals surface area (Å²) in [6.07, 6.45) is 3.63. The summed E-state index contributed by atoms with van der Waals surface area (Å²) in [5, 5.41) is 0. The lowest BCUT2D eigenvalue weighted by molar-refractivity contribution is 0.568. The highest BCUT2D eigenvalue weighted by Gasteiger charge is 2.15. The summed E-state index contributed by atoms with van der Waals surface area (Å²) in [5.41, 5.74) is 2.39. The van der Waals surface area contributed by atoms with Gasteiger partial charge in [-0.3, -0.25) is 4.98 Å². The molecule has 1 nitrogen and oxygen atoms in total. The third-order valence-corrected chi connectivity index (χ3v) is 1.92. The molecule has 1 rings (SSSR count). The van der Waals surface area contributed by atoms with E-state index in [0.717, 1.165) is 11.1 Å². The molecule has 0 amide bonds. The molecule has 12 heavy (non-hydrogen) atoms. The molecule has 64 valence electrons. The zero-order valence-electron chi connectivity index (χ0n) is 7.96. The third kappa shape index (κ3) is 1.94. The number of pyridine rings is 1. The molecular weight excluding hydrogens is 146 g/mol. The average molecular weight is 161 g/mol. The Balaban J connectivity index is 2.94. The number of allylic oxidation sites excluding steroid dienone is 1. The van der Waals surface area contributed by atoms with Crippen molar-refractivity contribution in [3.63, 3.8) is 0 Å². The Morgan fingerprint density at radius 1 is 1.42 bits per heavy atom. The maximum absolute atomic E-state index is 4.06. The first-order chi connectivity index (χ1) is 5.52. The smallest absolute Gasteiger partial charge is 0.0343 e. The molecule has 0 saturated carbocycles. The van der Waals surface area contributed by atoms with E-state index in [9.17, 15) is 0 Å². The summed E-state index contributed by atoms with van der Waals surface area (Å²) < 4.78 is 0. The van der Waals surface area contributed by atoms with E-state index in [-0.39, 0.29) is 5.41 Å². The molecule has 1 heterocycles. The van der Waals surface area contributed by atoms with Crippen LogP contribution < -0.4 is 0 Å². The summed E-state index contributed by atoms with van der Waals surface area (Å²) in [5.74, 6) is 0. The molecular formula is C11H15N. The zero-order valence-corrected chi connectivity index (χ0v) is 7.96. The van der Waals surface area contributed by atoms with Crippen LogP contribution in [0.4, 0.5) is 0 Å². The van der Waals surface area contributed by atoms with E-state index < -0.39 is 0 Å². The largest absolute Gasteiger partial charge is 0.264 e. The molecule has 0 fully saturated rings. The molecule has 0 unspecified atom stereocenters. The molecule has 1 aromatic rings. The van der Waals surface area contributed by atoms with Crippen LogP contribution in [0.2, 0.25) is 0 Å². The standard InChI is InChI=1S/C11H15N/c1-9(11(2,3)4)10-6-5-7-12-8-10/h5-8H,1H2,2-4H3. The van der Waals surface area contributed by atoms with Gasteiger partial charge in [-0.25, -0.2) is 0 Å². The lowest BCUT2D eigenvalue weighted by Gasteiger charge is -2.21. The second-order valence-electron chi connectivity index (χ2n) is 3.97. The van der Waals surface area contributed by atoms with Gasteiger partial charge in [-0.1, -0.05) is 33.4 Å². The van der Waals surface area contributed by atoms with Crippen LogP contribution in [-0.4, -0.2) is 4.98 Å². The van der Waals surface area contributed by atoms with Gasteiger partial charge in [0, 0.05) is 12.4 Å². The SMILES string of the molecule is C=C(c1cccnc1)C(C)(C)C. The Kier molecular flexibility index (Phi) is 2.32. The minimum Gasteiger partial charge on any atom is -0.264 e. The molecule has 0 atom stereocenters. The fraction of sp³-hybridized carbons (Fsp3) is 0.364. The van der Waals surface area contributed by atoms with E-state index in [1.54, 1.807) is 6.20 Å². The quantitative estimate of drug-likeness (QED) is 0.616. The number of aromatic nitrogens is 1. The number of hydrogen-bond donors (Lipinski definition) is 0. The minimum absolute atomic E-state index is 0.128. The Bertz CT molecular complexity index is 267. The maximum atomic E-state index is 4.06. The Morgan fingerprint density at radius 2 is 2.08 bits per heavy atom. The molecule has 1 heteroatoms. The molecule has 0 bridgehead atoms. The first kappa shape index (κ1) is 8.98. The van der Waals surface area contributed by atoms with E-state index in [2.05, 4.69) is 32.3 Å². The lowest BCUT2D eigenvalue weighted by atomic mass is 9.84. The molecule has 0 aromatic carbocycles.